The van der Waals surface area contributed by atoms with Crippen LogP contribution in [0.5, 0.6) is 0 Å². The second-order valence-corrected chi connectivity index (χ2v) is 9.54. The number of alkyl halides is 2. The van der Waals surface area contributed by atoms with Crippen molar-refractivity contribution < 1.29 is 22.4 Å². The first-order valence-corrected chi connectivity index (χ1v) is 11.8. The van der Waals surface area contributed by atoms with Crippen molar-refractivity contribution in [3.63, 3.8) is 0 Å². The third-order valence-corrected chi connectivity index (χ3v) is 6.14. The molecular weight excluding hydrogens is 470 g/mol. The van der Waals surface area contributed by atoms with Crippen LogP contribution >= 0.6 is 0 Å². The fourth-order valence-electron chi connectivity index (χ4n) is 4.66. The second kappa shape index (κ2) is 11.6. The molecule has 4 nitrogen and oxygen atoms in total. The zero-order valence-corrected chi connectivity index (χ0v) is 20.6. The van der Waals surface area contributed by atoms with E-state index in [1.165, 1.54) is 19.9 Å². The Morgan fingerprint density at radius 2 is 1.92 bits per heavy atom. The first kappa shape index (κ1) is 27.3. The molecule has 2 unspecified atom stereocenters. The molecule has 0 aromatic heterocycles. The van der Waals surface area contributed by atoms with Crippen LogP contribution < -0.4 is 5.32 Å². The van der Waals surface area contributed by atoms with Crippen LogP contribution in [-0.4, -0.2) is 48.9 Å². The van der Waals surface area contributed by atoms with Crippen LogP contribution in [0.1, 0.15) is 54.6 Å². The molecule has 3 rings (SSSR count). The molecule has 8 heteroatoms. The average Bonchev–Trinajstić information content (AvgIpc) is 2.81. The minimum Gasteiger partial charge on any atom is -0.388 e. The van der Waals surface area contributed by atoms with E-state index in [-0.39, 0.29) is 30.3 Å². The molecule has 2 aromatic rings. The van der Waals surface area contributed by atoms with Gasteiger partial charge in [0.05, 0.1) is 6.04 Å². The number of rotatable bonds is 10. The predicted molar refractivity (Wildman–Crippen MR) is 136 cm³/mol. The van der Waals surface area contributed by atoms with Crippen LogP contribution in [-0.2, 0) is 11.2 Å². The Morgan fingerprint density at radius 3 is 2.50 bits per heavy atom. The van der Waals surface area contributed by atoms with E-state index in [1.54, 1.807) is 23.2 Å². The molecule has 0 radical (unpaired) electrons. The molecule has 0 fully saturated rings. The summed E-state index contributed by atoms with van der Waals surface area (Å²) in [6.07, 6.45) is 6.22. The molecule has 0 spiro atoms. The minimum atomic E-state index is -1.61. The van der Waals surface area contributed by atoms with Gasteiger partial charge in [0, 0.05) is 42.7 Å². The number of nitrogens with one attached hydrogen (secondary N) is 2. The van der Waals surface area contributed by atoms with Crippen molar-refractivity contribution in [2.24, 2.45) is 0 Å². The Kier molecular flexibility index (Phi) is 8.84. The van der Waals surface area contributed by atoms with Crippen molar-refractivity contribution in [1.82, 2.24) is 10.2 Å². The predicted octanol–water partition coefficient (Wildman–Crippen LogP) is 5.81. The van der Waals surface area contributed by atoms with Gasteiger partial charge < -0.3 is 10.7 Å². The van der Waals surface area contributed by atoms with Gasteiger partial charge in [0.25, 0.3) is 0 Å². The number of allylic oxidation sites excluding steroid dienone is 2. The molecule has 192 valence electrons. The molecule has 0 bridgehead atoms. The van der Waals surface area contributed by atoms with Crippen molar-refractivity contribution in [2.45, 2.75) is 44.9 Å². The van der Waals surface area contributed by atoms with Crippen molar-refractivity contribution >= 4 is 24.1 Å². The third kappa shape index (κ3) is 6.29. The Bertz CT molecular complexity index is 1150. The number of nitrogens with zero attached hydrogens (tertiary/aromatic N) is 1. The van der Waals surface area contributed by atoms with E-state index < -0.39 is 30.0 Å². The van der Waals surface area contributed by atoms with E-state index in [2.05, 4.69) is 5.32 Å². The summed E-state index contributed by atoms with van der Waals surface area (Å²) in [5.41, 5.74) is 1.13. The largest absolute Gasteiger partial charge is 0.388 e. The highest BCUT2D eigenvalue weighted by Gasteiger charge is 2.39. The lowest BCUT2D eigenvalue weighted by molar-refractivity contribution is -0.104. The maximum atomic E-state index is 15.4. The summed E-state index contributed by atoms with van der Waals surface area (Å²) in [5.74, 6) is -1.57. The molecular formula is C28H31F4N3O. The van der Waals surface area contributed by atoms with Gasteiger partial charge in [-0.15, -0.1) is 0 Å². The first-order valence-electron chi connectivity index (χ1n) is 11.8. The van der Waals surface area contributed by atoms with Gasteiger partial charge in [-0.1, -0.05) is 24.3 Å². The second-order valence-electron chi connectivity index (χ2n) is 9.54. The summed E-state index contributed by atoms with van der Waals surface area (Å²) in [5, 5.41) is 10.5. The van der Waals surface area contributed by atoms with Crippen molar-refractivity contribution in [3.05, 3.63) is 82.1 Å². The normalized spacial score (nSPS) is 18.8. The molecule has 2 aromatic carbocycles. The van der Waals surface area contributed by atoms with Crippen molar-refractivity contribution in [1.29, 1.82) is 5.41 Å². The zero-order valence-electron chi connectivity index (χ0n) is 20.6. The van der Waals surface area contributed by atoms with Gasteiger partial charge in [-0.3, -0.25) is 9.69 Å². The molecule has 1 heterocycles. The van der Waals surface area contributed by atoms with Crippen LogP contribution in [0, 0.1) is 17.0 Å². The van der Waals surface area contributed by atoms with E-state index >= 15 is 8.78 Å². The molecule has 0 amide bonds. The number of hydrogen-bond donors (Lipinski definition) is 2. The lowest BCUT2D eigenvalue weighted by atomic mass is 9.82. The zero-order chi connectivity index (χ0) is 26.5. The van der Waals surface area contributed by atoms with Crippen LogP contribution in [0.15, 0.2) is 42.6 Å². The SMILES string of the molecule is CC1Cc2cc(/C(C=N)=C/NCCF)ccc2C(c2c(F)cc(/C=C/C=O)cc2F)N1CC(C)(C)F. The average molecular weight is 502 g/mol. The number of halogens is 4. The standard InChI is InChI=1S/C28H31F4N3O/c1-18-11-21-14-20(22(15-33)16-34-9-8-29)6-7-23(21)27(35(18)17-28(2,3)32)26-24(30)12-19(5-4-10-36)13-25(26)31/h4-7,10,12-16,18,27,33-34H,8-9,11,17H2,1-3H3/b5-4+,22-16+,33-15?. The Labute approximate surface area is 209 Å². The smallest absolute Gasteiger partial charge is 0.142 e. The number of carbonyl (C=O) groups excluding carboxylic acids is 1. The molecule has 1 aliphatic heterocycles. The Balaban J connectivity index is 2.16. The fraction of sp³-hybridized carbons (Fsp3) is 0.357. The minimum absolute atomic E-state index is 0.0372. The Hall–Kier alpha value is -3.26. The third-order valence-electron chi connectivity index (χ3n) is 6.14. The van der Waals surface area contributed by atoms with E-state index in [1.807, 2.05) is 13.0 Å². The molecule has 0 saturated heterocycles. The highest BCUT2D eigenvalue weighted by Crippen LogP contribution is 2.42. The molecule has 0 saturated carbocycles. The lowest BCUT2D eigenvalue weighted by Gasteiger charge is -2.44. The number of fused-ring (bicyclic) bond motifs is 1. The highest BCUT2D eigenvalue weighted by atomic mass is 19.1. The van der Waals surface area contributed by atoms with Crippen LogP contribution in [0.2, 0.25) is 0 Å². The van der Waals surface area contributed by atoms with Crippen LogP contribution in [0.4, 0.5) is 17.6 Å². The van der Waals surface area contributed by atoms with Gasteiger partial charge >= 0.3 is 0 Å². The Morgan fingerprint density at radius 1 is 1.22 bits per heavy atom. The summed E-state index contributed by atoms with van der Waals surface area (Å²) >= 11 is 0. The van der Waals surface area contributed by atoms with Crippen LogP contribution in [0.3, 0.4) is 0 Å². The lowest BCUT2D eigenvalue weighted by Crippen LogP contribution is -2.48. The van der Waals surface area contributed by atoms with Gasteiger partial charge in [-0.2, -0.15) is 0 Å². The summed E-state index contributed by atoms with van der Waals surface area (Å²) < 4.78 is 58.2. The van der Waals surface area contributed by atoms with E-state index in [0.29, 0.717) is 29.4 Å². The monoisotopic (exact) mass is 501 g/mol. The number of hydrogen-bond acceptors (Lipinski definition) is 4. The van der Waals surface area contributed by atoms with Gasteiger partial charge in [-0.25, -0.2) is 17.6 Å². The van der Waals surface area contributed by atoms with E-state index in [4.69, 9.17) is 5.41 Å². The molecule has 1 aliphatic rings. The van der Waals surface area contributed by atoms with Gasteiger partial charge in [0.1, 0.15) is 30.3 Å². The molecule has 36 heavy (non-hydrogen) atoms. The summed E-state index contributed by atoms with van der Waals surface area (Å²) in [6, 6.07) is 6.57. The van der Waals surface area contributed by atoms with Gasteiger partial charge in [0.2, 0.25) is 0 Å². The number of carbonyl (C=O) groups is 1. The summed E-state index contributed by atoms with van der Waals surface area (Å²) in [7, 11) is 0. The summed E-state index contributed by atoms with van der Waals surface area (Å²) in [4.78, 5) is 12.4. The summed E-state index contributed by atoms with van der Waals surface area (Å²) in [6.45, 7) is 4.28. The molecule has 2 atom stereocenters. The van der Waals surface area contributed by atoms with E-state index in [0.717, 1.165) is 30.0 Å². The number of aldehydes is 1. The van der Waals surface area contributed by atoms with Crippen LogP contribution in [0.25, 0.3) is 11.6 Å². The molecule has 0 aliphatic carbocycles. The first-order chi connectivity index (χ1) is 17.1. The fourth-order valence-corrected chi connectivity index (χ4v) is 4.66. The quantitative estimate of drug-likeness (QED) is 0.142. The highest BCUT2D eigenvalue weighted by molar-refractivity contribution is 6.08. The van der Waals surface area contributed by atoms with Crippen molar-refractivity contribution in [2.75, 3.05) is 19.8 Å². The maximum absolute atomic E-state index is 15.4. The van der Waals surface area contributed by atoms with E-state index in [9.17, 15) is 13.6 Å². The van der Waals surface area contributed by atoms with Gasteiger partial charge in [-0.05, 0) is 67.7 Å². The maximum Gasteiger partial charge on any atom is 0.142 e. The number of benzene rings is 2. The van der Waals surface area contributed by atoms with Gasteiger partial charge in [0.15, 0.2) is 0 Å². The van der Waals surface area contributed by atoms with Crippen molar-refractivity contribution in [3.8, 4) is 0 Å². The topological polar surface area (TPSA) is 56.2 Å². The molecule has 2 N–H and O–H groups in total.